The minimum Gasteiger partial charge on any atom is -0.345 e. The lowest BCUT2D eigenvalue weighted by Gasteiger charge is -2.39. The van der Waals surface area contributed by atoms with E-state index in [2.05, 4.69) is 28.8 Å². The summed E-state index contributed by atoms with van der Waals surface area (Å²) in [6.45, 7) is 5.19. The van der Waals surface area contributed by atoms with Crippen LogP contribution in [0.5, 0.6) is 0 Å². The van der Waals surface area contributed by atoms with Gasteiger partial charge in [-0.25, -0.2) is 0 Å². The van der Waals surface area contributed by atoms with Crippen molar-refractivity contribution in [1.29, 1.82) is 5.26 Å². The average Bonchev–Trinajstić information content (AvgIpc) is 2.15. The molecule has 1 rings (SSSR count). The number of amidine groups is 1. The molecule has 0 aliphatic carbocycles. The van der Waals surface area contributed by atoms with E-state index in [0.717, 1.165) is 24.8 Å². The Kier molecular flexibility index (Phi) is 4.23. The zero-order valence-corrected chi connectivity index (χ0v) is 9.71. The van der Waals surface area contributed by atoms with Gasteiger partial charge in [0.2, 0.25) is 6.19 Å². The van der Waals surface area contributed by atoms with E-state index < -0.39 is 0 Å². The normalized spacial score (nSPS) is 24.9. The summed E-state index contributed by atoms with van der Waals surface area (Å²) in [7, 11) is 2.12. The fourth-order valence-corrected chi connectivity index (χ4v) is 2.33. The third-order valence-electron chi connectivity index (χ3n) is 2.40. The van der Waals surface area contributed by atoms with Gasteiger partial charge in [-0.2, -0.15) is 5.26 Å². The minimum absolute atomic E-state index is 0.438. The van der Waals surface area contributed by atoms with Gasteiger partial charge in [-0.3, -0.25) is 0 Å². The third-order valence-corrected chi connectivity index (χ3v) is 3.10. The maximum Gasteiger partial charge on any atom is 0.208 e. The summed E-state index contributed by atoms with van der Waals surface area (Å²) >= 11 is 1.54. The van der Waals surface area contributed by atoms with Gasteiger partial charge in [0, 0.05) is 25.7 Å². The minimum atomic E-state index is 0.438. The summed E-state index contributed by atoms with van der Waals surface area (Å²) < 4.78 is 0. The van der Waals surface area contributed by atoms with Crippen molar-refractivity contribution in [2.45, 2.75) is 13.0 Å². The lowest BCUT2D eigenvalue weighted by Crippen LogP contribution is -2.52. The summed E-state index contributed by atoms with van der Waals surface area (Å²) in [5.74, 6) is 0. The molecule has 0 N–H and O–H groups in total. The third kappa shape index (κ3) is 2.63. The Morgan fingerprint density at radius 1 is 1.57 bits per heavy atom. The molecule has 0 saturated carbocycles. The highest BCUT2D eigenvalue weighted by molar-refractivity contribution is 8.13. The first-order valence-electron chi connectivity index (χ1n) is 4.65. The highest BCUT2D eigenvalue weighted by atomic mass is 32.2. The molecule has 0 amide bonds. The van der Waals surface area contributed by atoms with E-state index in [4.69, 9.17) is 5.26 Å². The second-order valence-electron chi connectivity index (χ2n) is 3.50. The second-order valence-corrected chi connectivity index (χ2v) is 4.28. The smallest absolute Gasteiger partial charge is 0.208 e. The Labute approximate surface area is 89.6 Å². The Hall–Kier alpha value is -0.730. The van der Waals surface area contributed by atoms with E-state index in [-0.39, 0.29) is 0 Å². The van der Waals surface area contributed by atoms with Gasteiger partial charge in [0.25, 0.3) is 0 Å². The molecule has 1 saturated heterocycles. The van der Waals surface area contributed by atoms with Gasteiger partial charge in [-0.15, -0.1) is 4.99 Å². The average molecular weight is 212 g/mol. The van der Waals surface area contributed by atoms with Crippen LogP contribution in [-0.2, 0) is 0 Å². The Bertz CT molecular complexity index is 258. The van der Waals surface area contributed by atoms with Gasteiger partial charge in [-0.1, -0.05) is 11.8 Å². The van der Waals surface area contributed by atoms with Gasteiger partial charge in [0.15, 0.2) is 5.17 Å². The molecule has 0 aromatic heterocycles. The molecule has 1 atom stereocenters. The summed E-state index contributed by atoms with van der Waals surface area (Å²) in [4.78, 5) is 8.33. The van der Waals surface area contributed by atoms with Crippen LogP contribution in [0.2, 0.25) is 0 Å². The first-order chi connectivity index (χ1) is 6.69. The molecule has 1 unspecified atom stereocenters. The van der Waals surface area contributed by atoms with Crippen LogP contribution in [0.4, 0.5) is 0 Å². The molecule has 0 aromatic carbocycles. The highest BCUT2D eigenvalue weighted by Crippen LogP contribution is 2.14. The van der Waals surface area contributed by atoms with Crippen LogP contribution in [0, 0.1) is 11.5 Å². The largest absolute Gasteiger partial charge is 0.345 e. The van der Waals surface area contributed by atoms with E-state index >= 15 is 0 Å². The zero-order valence-electron chi connectivity index (χ0n) is 8.90. The predicted octanol–water partition coefficient (Wildman–Crippen LogP) is 0.822. The number of thioether (sulfide) groups is 1. The lowest BCUT2D eigenvalue weighted by atomic mass is 10.2. The van der Waals surface area contributed by atoms with Crippen molar-refractivity contribution in [1.82, 2.24) is 9.80 Å². The molecule has 0 bridgehead atoms. The number of likely N-dealkylation sites (N-methyl/N-ethyl adjacent to an activating group) is 1. The maximum atomic E-state index is 8.55. The molecule has 1 aliphatic rings. The Morgan fingerprint density at radius 2 is 2.29 bits per heavy atom. The number of piperazine rings is 1. The van der Waals surface area contributed by atoms with Crippen LogP contribution in [0.1, 0.15) is 6.92 Å². The van der Waals surface area contributed by atoms with Crippen molar-refractivity contribution in [3.05, 3.63) is 0 Å². The van der Waals surface area contributed by atoms with Crippen molar-refractivity contribution in [2.24, 2.45) is 4.99 Å². The fraction of sp³-hybridized carbons (Fsp3) is 0.778. The maximum absolute atomic E-state index is 8.55. The SMILES string of the molecule is CSC(=NC#N)N1CCN(C)CC1C. The molecule has 5 heteroatoms. The number of hydrogen-bond acceptors (Lipinski definition) is 4. The van der Waals surface area contributed by atoms with Crippen molar-refractivity contribution < 1.29 is 0 Å². The first-order valence-corrected chi connectivity index (χ1v) is 5.87. The summed E-state index contributed by atoms with van der Waals surface area (Å²) in [6, 6.07) is 0.438. The Balaban J connectivity index is 2.68. The molecule has 0 radical (unpaired) electrons. The number of nitrogens with zero attached hydrogens (tertiary/aromatic N) is 4. The molecule has 78 valence electrons. The molecular weight excluding hydrogens is 196 g/mol. The van der Waals surface area contributed by atoms with Crippen molar-refractivity contribution in [2.75, 3.05) is 32.9 Å². The second kappa shape index (κ2) is 5.23. The van der Waals surface area contributed by atoms with Crippen molar-refractivity contribution >= 4 is 16.9 Å². The van der Waals surface area contributed by atoms with E-state index in [0.29, 0.717) is 6.04 Å². The summed E-state index contributed by atoms with van der Waals surface area (Å²) in [5.41, 5.74) is 0. The van der Waals surface area contributed by atoms with Crippen molar-refractivity contribution in [3.8, 4) is 6.19 Å². The fourth-order valence-electron chi connectivity index (χ4n) is 1.69. The van der Waals surface area contributed by atoms with E-state index in [9.17, 15) is 0 Å². The highest BCUT2D eigenvalue weighted by Gasteiger charge is 2.23. The predicted molar refractivity (Wildman–Crippen MR) is 60.2 cm³/mol. The van der Waals surface area contributed by atoms with E-state index in [1.165, 1.54) is 0 Å². The molecule has 4 nitrogen and oxygen atoms in total. The van der Waals surface area contributed by atoms with Gasteiger partial charge < -0.3 is 9.80 Å². The van der Waals surface area contributed by atoms with Crippen LogP contribution >= 0.6 is 11.8 Å². The quantitative estimate of drug-likeness (QED) is 0.339. The zero-order chi connectivity index (χ0) is 10.6. The van der Waals surface area contributed by atoms with E-state index in [1.807, 2.05) is 12.4 Å². The monoisotopic (exact) mass is 212 g/mol. The van der Waals surface area contributed by atoms with Crippen molar-refractivity contribution in [3.63, 3.8) is 0 Å². The summed E-state index contributed by atoms with van der Waals surface area (Å²) in [6.07, 6.45) is 3.82. The van der Waals surface area contributed by atoms with Crippen LogP contribution in [0.25, 0.3) is 0 Å². The molecule has 1 fully saturated rings. The molecular formula is C9H16N4S. The van der Waals surface area contributed by atoms with Gasteiger partial charge in [0.05, 0.1) is 0 Å². The molecule has 0 aromatic rings. The van der Waals surface area contributed by atoms with E-state index in [1.54, 1.807) is 11.8 Å². The number of aliphatic imine (C=N–C) groups is 1. The molecule has 0 spiro atoms. The number of rotatable bonds is 0. The Morgan fingerprint density at radius 3 is 2.79 bits per heavy atom. The van der Waals surface area contributed by atoms with Gasteiger partial charge >= 0.3 is 0 Å². The van der Waals surface area contributed by atoms with Gasteiger partial charge in [0.1, 0.15) is 0 Å². The van der Waals surface area contributed by atoms with Crippen LogP contribution in [0.15, 0.2) is 4.99 Å². The number of hydrogen-bond donors (Lipinski definition) is 0. The topological polar surface area (TPSA) is 42.6 Å². The first kappa shape index (κ1) is 11.3. The standard InChI is InChI=1S/C9H16N4S/c1-8-6-12(2)4-5-13(8)9(14-3)11-7-10/h8H,4-6H2,1-3H3. The van der Waals surface area contributed by atoms with Crippen LogP contribution in [-0.4, -0.2) is 53.9 Å². The van der Waals surface area contributed by atoms with Gasteiger partial charge in [-0.05, 0) is 20.2 Å². The number of nitriles is 1. The van der Waals surface area contributed by atoms with Crippen LogP contribution < -0.4 is 0 Å². The molecule has 14 heavy (non-hydrogen) atoms. The molecule has 1 heterocycles. The van der Waals surface area contributed by atoms with Crippen LogP contribution in [0.3, 0.4) is 0 Å². The molecule has 1 aliphatic heterocycles. The summed E-state index contributed by atoms with van der Waals surface area (Å²) in [5, 5.41) is 9.39. The lowest BCUT2D eigenvalue weighted by molar-refractivity contribution is 0.164.